The zero-order valence-electron chi connectivity index (χ0n) is 13.7. The summed E-state index contributed by atoms with van der Waals surface area (Å²) in [7, 11) is 0. The lowest BCUT2D eigenvalue weighted by Gasteiger charge is -2.17. The Bertz CT molecular complexity index is 776. The van der Waals surface area contributed by atoms with E-state index in [-0.39, 0.29) is 28.9 Å². The van der Waals surface area contributed by atoms with Gasteiger partial charge in [-0.2, -0.15) is 0 Å². The van der Waals surface area contributed by atoms with Crippen molar-refractivity contribution in [3.63, 3.8) is 0 Å². The average Bonchev–Trinajstić information content (AvgIpc) is 2.93. The summed E-state index contributed by atoms with van der Waals surface area (Å²) in [6.07, 6.45) is 0.397. The molecule has 6 nitrogen and oxygen atoms in total. The largest absolute Gasteiger partial charge is 0.508 e. The summed E-state index contributed by atoms with van der Waals surface area (Å²) in [4.78, 5) is 26.1. The molecule has 2 aromatic rings. The molecule has 3 N–H and O–H groups in total. The fraction of sp³-hybridized carbons (Fsp3) is 0.263. The van der Waals surface area contributed by atoms with Crippen LogP contribution in [-0.4, -0.2) is 40.0 Å². The Morgan fingerprint density at radius 2 is 1.92 bits per heavy atom. The highest BCUT2D eigenvalue weighted by Crippen LogP contribution is 2.23. The van der Waals surface area contributed by atoms with Crippen molar-refractivity contribution in [1.82, 2.24) is 10.2 Å². The molecule has 130 valence electrons. The maximum absolute atomic E-state index is 12.1. The molecule has 2 amide bonds. The highest BCUT2D eigenvalue weighted by Gasteiger charge is 2.29. The average molecular weight is 340 g/mol. The van der Waals surface area contributed by atoms with Crippen molar-refractivity contribution >= 4 is 11.8 Å². The zero-order valence-corrected chi connectivity index (χ0v) is 13.7. The molecule has 1 aliphatic rings. The molecule has 6 heteroatoms. The van der Waals surface area contributed by atoms with Gasteiger partial charge in [-0.15, -0.1) is 0 Å². The number of nitrogens with one attached hydrogen (secondary N) is 1. The number of amides is 2. The van der Waals surface area contributed by atoms with Crippen LogP contribution in [0.5, 0.6) is 11.5 Å². The van der Waals surface area contributed by atoms with Crippen molar-refractivity contribution in [3.05, 3.63) is 59.7 Å². The number of nitrogens with zero attached hydrogens (tertiary/aromatic N) is 1. The number of phenolic OH excluding ortho intramolecular Hbond substituents is 2. The molecular weight excluding hydrogens is 320 g/mol. The third kappa shape index (κ3) is 4.09. The van der Waals surface area contributed by atoms with Gasteiger partial charge in [0.15, 0.2) is 0 Å². The molecular formula is C19H20N2O4. The molecule has 0 saturated carbocycles. The minimum Gasteiger partial charge on any atom is -0.508 e. The van der Waals surface area contributed by atoms with Crippen LogP contribution in [0, 0.1) is 5.92 Å². The standard InChI is InChI=1S/C19H20N2O4/c22-15-6-7-16(17(23)9-15)19(25)20-10-14-8-18(24)21(12-14)11-13-4-2-1-3-5-13/h1-7,9,14,22-23H,8,10-12H2,(H,20,25)/t14-/m1/s1. The summed E-state index contributed by atoms with van der Waals surface area (Å²) in [5, 5.41) is 21.7. The Labute approximate surface area is 145 Å². The first-order valence-corrected chi connectivity index (χ1v) is 8.15. The fourth-order valence-electron chi connectivity index (χ4n) is 2.99. The summed E-state index contributed by atoms with van der Waals surface area (Å²) in [6, 6.07) is 13.6. The van der Waals surface area contributed by atoms with Gasteiger partial charge in [-0.25, -0.2) is 0 Å². The van der Waals surface area contributed by atoms with Crippen molar-refractivity contribution < 1.29 is 19.8 Å². The number of carbonyl (C=O) groups excluding carboxylic acids is 2. The summed E-state index contributed by atoms with van der Waals surface area (Å²) in [5.74, 6) is -0.681. The van der Waals surface area contributed by atoms with E-state index in [1.54, 1.807) is 4.90 Å². The number of aromatic hydroxyl groups is 2. The Kier molecular flexibility index (Phi) is 4.88. The molecule has 0 aliphatic carbocycles. The number of hydrogen-bond acceptors (Lipinski definition) is 4. The van der Waals surface area contributed by atoms with Crippen LogP contribution in [0.15, 0.2) is 48.5 Å². The SMILES string of the molecule is O=C(NC[C@H]1CC(=O)N(Cc2ccccc2)C1)c1ccc(O)cc1O. The van der Waals surface area contributed by atoms with Crippen LogP contribution >= 0.6 is 0 Å². The Hall–Kier alpha value is -3.02. The molecule has 1 saturated heterocycles. The number of rotatable bonds is 5. The lowest BCUT2D eigenvalue weighted by molar-refractivity contribution is -0.128. The van der Waals surface area contributed by atoms with Gasteiger partial charge in [0.1, 0.15) is 11.5 Å². The van der Waals surface area contributed by atoms with Crippen LogP contribution in [0.25, 0.3) is 0 Å². The van der Waals surface area contributed by atoms with Gasteiger partial charge in [-0.1, -0.05) is 30.3 Å². The molecule has 1 atom stereocenters. The molecule has 0 aromatic heterocycles. The van der Waals surface area contributed by atoms with Crippen LogP contribution in [0.2, 0.25) is 0 Å². The van der Waals surface area contributed by atoms with E-state index >= 15 is 0 Å². The molecule has 0 radical (unpaired) electrons. The third-order valence-corrected chi connectivity index (χ3v) is 4.29. The summed E-state index contributed by atoms with van der Waals surface area (Å²) in [6.45, 7) is 1.52. The summed E-state index contributed by atoms with van der Waals surface area (Å²) < 4.78 is 0. The minimum atomic E-state index is -0.425. The number of phenols is 2. The van der Waals surface area contributed by atoms with Crippen molar-refractivity contribution in [2.24, 2.45) is 5.92 Å². The number of likely N-dealkylation sites (tertiary alicyclic amines) is 1. The maximum atomic E-state index is 12.1. The summed E-state index contributed by atoms with van der Waals surface area (Å²) >= 11 is 0. The molecule has 0 spiro atoms. The number of carbonyl (C=O) groups is 2. The quantitative estimate of drug-likeness (QED) is 0.775. The van der Waals surface area contributed by atoms with Crippen LogP contribution in [0.4, 0.5) is 0 Å². The second-order valence-electron chi connectivity index (χ2n) is 6.24. The Balaban J connectivity index is 1.54. The molecule has 0 unspecified atom stereocenters. The Morgan fingerprint density at radius 1 is 1.16 bits per heavy atom. The van der Waals surface area contributed by atoms with Gasteiger partial charge in [-0.05, 0) is 17.7 Å². The van der Waals surface area contributed by atoms with Gasteiger partial charge in [0.2, 0.25) is 5.91 Å². The van der Waals surface area contributed by atoms with E-state index < -0.39 is 5.91 Å². The predicted octanol–water partition coefficient (Wildman–Crippen LogP) is 1.88. The normalized spacial score (nSPS) is 16.9. The highest BCUT2D eigenvalue weighted by atomic mass is 16.3. The highest BCUT2D eigenvalue weighted by molar-refractivity contribution is 5.97. The van der Waals surface area contributed by atoms with Gasteiger partial charge in [0.25, 0.3) is 5.91 Å². The van der Waals surface area contributed by atoms with E-state index in [0.717, 1.165) is 11.6 Å². The van der Waals surface area contributed by atoms with Crippen molar-refractivity contribution in [3.8, 4) is 11.5 Å². The van der Waals surface area contributed by atoms with Gasteiger partial charge in [0.05, 0.1) is 5.56 Å². The lowest BCUT2D eigenvalue weighted by Crippen LogP contribution is -2.31. The lowest BCUT2D eigenvalue weighted by atomic mass is 10.1. The summed E-state index contributed by atoms with van der Waals surface area (Å²) in [5.41, 5.74) is 1.18. The molecule has 0 bridgehead atoms. The van der Waals surface area contributed by atoms with Crippen LogP contribution in [-0.2, 0) is 11.3 Å². The zero-order chi connectivity index (χ0) is 17.8. The first-order chi connectivity index (χ1) is 12.0. The van der Waals surface area contributed by atoms with Crippen molar-refractivity contribution in [2.75, 3.05) is 13.1 Å². The third-order valence-electron chi connectivity index (χ3n) is 4.29. The second-order valence-corrected chi connectivity index (χ2v) is 6.24. The monoisotopic (exact) mass is 340 g/mol. The van der Waals surface area contributed by atoms with E-state index in [0.29, 0.717) is 26.1 Å². The predicted molar refractivity (Wildman–Crippen MR) is 92.1 cm³/mol. The van der Waals surface area contributed by atoms with Crippen molar-refractivity contribution in [2.45, 2.75) is 13.0 Å². The van der Waals surface area contributed by atoms with E-state index in [1.807, 2.05) is 30.3 Å². The van der Waals surface area contributed by atoms with Crippen LogP contribution in [0.3, 0.4) is 0 Å². The molecule has 3 rings (SSSR count). The second kappa shape index (κ2) is 7.25. The van der Waals surface area contributed by atoms with E-state index in [9.17, 15) is 19.8 Å². The topological polar surface area (TPSA) is 89.9 Å². The van der Waals surface area contributed by atoms with Crippen LogP contribution in [0.1, 0.15) is 22.3 Å². The molecule has 1 heterocycles. The van der Waals surface area contributed by atoms with E-state index in [4.69, 9.17) is 0 Å². The molecule has 2 aromatic carbocycles. The van der Waals surface area contributed by atoms with Gasteiger partial charge in [-0.3, -0.25) is 9.59 Å². The van der Waals surface area contributed by atoms with Gasteiger partial charge in [0, 0.05) is 38.0 Å². The Morgan fingerprint density at radius 3 is 2.64 bits per heavy atom. The first-order valence-electron chi connectivity index (χ1n) is 8.15. The van der Waals surface area contributed by atoms with Crippen molar-refractivity contribution in [1.29, 1.82) is 0 Å². The molecule has 1 aliphatic heterocycles. The molecule has 1 fully saturated rings. The first kappa shape index (κ1) is 16.8. The fourth-order valence-corrected chi connectivity index (χ4v) is 2.99. The minimum absolute atomic E-state index is 0.0411. The van der Waals surface area contributed by atoms with Crippen LogP contribution < -0.4 is 5.32 Å². The smallest absolute Gasteiger partial charge is 0.255 e. The number of benzene rings is 2. The van der Waals surface area contributed by atoms with E-state index in [2.05, 4.69) is 5.32 Å². The van der Waals surface area contributed by atoms with E-state index in [1.165, 1.54) is 12.1 Å². The maximum Gasteiger partial charge on any atom is 0.255 e. The number of hydrogen-bond donors (Lipinski definition) is 3. The molecule has 25 heavy (non-hydrogen) atoms. The van der Waals surface area contributed by atoms with Gasteiger partial charge >= 0.3 is 0 Å². The van der Waals surface area contributed by atoms with Gasteiger partial charge < -0.3 is 20.4 Å².